The summed E-state index contributed by atoms with van der Waals surface area (Å²) < 4.78 is 12.5. The van der Waals surface area contributed by atoms with E-state index >= 15 is 0 Å². The molecule has 0 fully saturated rings. The molecule has 122 valence electrons. The van der Waals surface area contributed by atoms with Crippen LogP contribution in [-0.2, 0) is 7.05 Å². The first kappa shape index (κ1) is 14.4. The zero-order valence-corrected chi connectivity index (χ0v) is 13.2. The average molecular weight is 325 g/mol. The van der Waals surface area contributed by atoms with E-state index in [2.05, 4.69) is 20.6 Å². The number of ether oxygens (including phenoxy) is 1. The second-order valence-corrected chi connectivity index (χ2v) is 5.64. The van der Waals surface area contributed by atoms with Gasteiger partial charge in [0.1, 0.15) is 12.4 Å². The molecular formula is C16H15N5O3. The van der Waals surface area contributed by atoms with Gasteiger partial charge in [-0.1, -0.05) is 11.2 Å². The Labute approximate surface area is 137 Å². The molecule has 0 spiro atoms. The highest BCUT2D eigenvalue weighted by molar-refractivity contribution is 5.94. The van der Waals surface area contributed by atoms with Crippen LogP contribution in [-0.4, -0.2) is 32.4 Å². The zero-order valence-electron chi connectivity index (χ0n) is 13.2. The molecule has 1 atom stereocenters. The maximum Gasteiger partial charge on any atom is 0.258 e. The standard InChI is InChI=1S/C16H15N5O3/c1-9-18-16(24-20-9)10-3-4-12-13(8-23-14(12)5-10)19-15(22)11-6-17-21(2)7-11/h3-7,13H,8H2,1-2H3,(H,19,22). The minimum Gasteiger partial charge on any atom is -0.491 e. The summed E-state index contributed by atoms with van der Waals surface area (Å²) in [6.07, 6.45) is 3.21. The molecule has 1 aliphatic rings. The molecule has 3 heterocycles. The molecule has 3 aromatic rings. The van der Waals surface area contributed by atoms with Crippen LogP contribution < -0.4 is 10.1 Å². The van der Waals surface area contributed by atoms with Gasteiger partial charge in [0.05, 0.1) is 17.8 Å². The van der Waals surface area contributed by atoms with E-state index in [1.165, 1.54) is 6.20 Å². The van der Waals surface area contributed by atoms with Crippen molar-refractivity contribution in [2.75, 3.05) is 6.61 Å². The Balaban J connectivity index is 1.55. The molecule has 1 aliphatic heterocycles. The smallest absolute Gasteiger partial charge is 0.258 e. The Bertz CT molecular complexity index is 914. The second-order valence-electron chi connectivity index (χ2n) is 5.64. The third-order valence-corrected chi connectivity index (χ3v) is 3.84. The minimum atomic E-state index is -0.203. The predicted molar refractivity (Wildman–Crippen MR) is 83.4 cm³/mol. The number of aromatic nitrogens is 4. The van der Waals surface area contributed by atoms with E-state index in [-0.39, 0.29) is 11.9 Å². The van der Waals surface area contributed by atoms with Crippen molar-refractivity contribution in [2.24, 2.45) is 7.05 Å². The van der Waals surface area contributed by atoms with Crippen LogP contribution in [0.15, 0.2) is 35.1 Å². The lowest BCUT2D eigenvalue weighted by molar-refractivity contribution is 0.0930. The maximum atomic E-state index is 12.3. The molecule has 8 nitrogen and oxygen atoms in total. The van der Waals surface area contributed by atoms with Crippen LogP contribution in [0.4, 0.5) is 0 Å². The normalized spacial score (nSPS) is 15.8. The monoisotopic (exact) mass is 325 g/mol. The van der Waals surface area contributed by atoms with Crippen LogP contribution in [0.25, 0.3) is 11.5 Å². The molecule has 0 saturated heterocycles. The van der Waals surface area contributed by atoms with Crippen molar-refractivity contribution in [3.05, 3.63) is 47.5 Å². The van der Waals surface area contributed by atoms with Crippen LogP contribution in [0.2, 0.25) is 0 Å². The molecule has 0 radical (unpaired) electrons. The molecule has 0 saturated carbocycles. The molecule has 1 unspecified atom stereocenters. The van der Waals surface area contributed by atoms with E-state index in [4.69, 9.17) is 9.26 Å². The molecule has 1 amide bonds. The van der Waals surface area contributed by atoms with Gasteiger partial charge in [0, 0.05) is 24.4 Å². The number of benzene rings is 1. The lowest BCUT2D eigenvalue weighted by Crippen LogP contribution is -2.29. The summed E-state index contributed by atoms with van der Waals surface area (Å²) in [5.74, 6) is 1.55. The number of hydrogen-bond acceptors (Lipinski definition) is 6. The first-order valence-electron chi connectivity index (χ1n) is 7.47. The zero-order chi connectivity index (χ0) is 16.7. The van der Waals surface area contributed by atoms with Gasteiger partial charge in [-0.3, -0.25) is 9.48 Å². The minimum absolute atomic E-state index is 0.179. The van der Waals surface area contributed by atoms with Crippen LogP contribution in [0.3, 0.4) is 0 Å². The number of carbonyl (C=O) groups excluding carboxylic acids is 1. The largest absolute Gasteiger partial charge is 0.491 e. The van der Waals surface area contributed by atoms with Crippen molar-refractivity contribution in [3.8, 4) is 17.2 Å². The van der Waals surface area contributed by atoms with Crippen LogP contribution in [0.5, 0.6) is 5.75 Å². The van der Waals surface area contributed by atoms with E-state index in [1.807, 2.05) is 18.2 Å². The SMILES string of the molecule is Cc1noc(-c2ccc3c(c2)OCC3NC(=O)c2cnn(C)c2)n1. The third-order valence-electron chi connectivity index (χ3n) is 3.84. The Kier molecular flexibility index (Phi) is 3.30. The van der Waals surface area contributed by atoms with Gasteiger partial charge in [-0.2, -0.15) is 10.1 Å². The summed E-state index contributed by atoms with van der Waals surface area (Å²) in [7, 11) is 1.77. The first-order chi connectivity index (χ1) is 11.6. The fourth-order valence-electron chi connectivity index (χ4n) is 2.66. The Morgan fingerprint density at radius 3 is 3.00 bits per heavy atom. The second kappa shape index (κ2) is 5.48. The van der Waals surface area contributed by atoms with Gasteiger partial charge in [0.15, 0.2) is 5.82 Å². The Hall–Kier alpha value is -3.16. The quantitative estimate of drug-likeness (QED) is 0.786. The highest BCUT2D eigenvalue weighted by Gasteiger charge is 2.27. The maximum absolute atomic E-state index is 12.3. The van der Waals surface area contributed by atoms with Gasteiger partial charge in [-0.25, -0.2) is 0 Å². The van der Waals surface area contributed by atoms with E-state index < -0.39 is 0 Å². The van der Waals surface area contributed by atoms with Crippen molar-refractivity contribution in [3.63, 3.8) is 0 Å². The van der Waals surface area contributed by atoms with Crippen molar-refractivity contribution < 1.29 is 14.1 Å². The number of fused-ring (bicyclic) bond motifs is 1. The molecule has 8 heteroatoms. The summed E-state index contributed by atoms with van der Waals surface area (Å²) >= 11 is 0. The molecule has 1 N–H and O–H groups in total. The van der Waals surface area contributed by atoms with Gasteiger partial charge in [-0.05, 0) is 19.1 Å². The number of nitrogens with zero attached hydrogens (tertiary/aromatic N) is 4. The Morgan fingerprint density at radius 2 is 2.29 bits per heavy atom. The number of rotatable bonds is 3. The number of nitrogens with one attached hydrogen (secondary N) is 1. The van der Waals surface area contributed by atoms with E-state index in [9.17, 15) is 4.79 Å². The predicted octanol–water partition coefficient (Wildman–Crippen LogP) is 1.64. The van der Waals surface area contributed by atoms with E-state index in [0.29, 0.717) is 29.6 Å². The number of carbonyl (C=O) groups is 1. The summed E-state index contributed by atoms with van der Waals surface area (Å²) in [4.78, 5) is 16.5. The third kappa shape index (κ3) is 2.51. The molecule has 0 aliphatic carbocycles. The van der Waals surface area contributed by atoms with Gasteiger partial charge < -0.3 is 14.6 Å². The summed E-state index contributed by atoms with van der Waals surface area (Å²) in [6.45, 7) is 2.15. The topological polar surface area (TPSA) is 95.1 Å². The molecule has 0 bridgehead atoms. The fourth-order valence-corrected chi connectivity index (χ4v) is 2.66. The van der Waals surface area contributed by atoms with Gasteiger partial charge in [0.25, 0.3) is 11.8 Å². The lowest BCUT2D eigenvalue weighted by Gasteiger charge is -2.10. The molecular weight excluding hydrogens is 310 g/mol. The van der Waals surface area contributed by atoms with Crippen molar-refractivity contribution in [2.45, 2.75) is 13.0 Å². The fraction of sp³-hybridized carbons (Fsp3) is 0.250. The molecule has 4 rings (SSSR count). The van der Waals surface area contributed by atoms with Gasteiger partial charge in [0.2, 0.25) is 0 Å². The summed E-state index contributed by atoms with van der Waals surface area (Å²) in [6, 6.07) is 5.43. The van der Waals surface area contributed by atoms with Crippen LogP contribution in [0, 0.1) is 6.92 Å². The molecule has 24 heavy (non-hydrogen) atoms. The van der Waals surface area contributed by atoms with Crippen molar-refractivity contribution in [1.29, 1.82) is 0 Å². The van der Waals surface area contributed by atoms with E-state index in [1.54, 1.807) is 24.9 Å². The van der Waals surface area contributed by atoms with Crippen LogP contribution >= 0.6 is 0 Å². The number of hydrogen-bond donors (Lipinski definition) is 1. The summed E-state index contributed by atoms with van der Waals surface area (Å²) in [5.41, 5.74) is 2.23. The molecule has 2 aromatic heterocycles. The first-order valence-corrected chi connectivity index (χ1v) is 7.47. The number of amides is 1. The summed E-state index contributed by atoms with van der Waals surface area (Å²) in [5, 5.41) is 10.7. The highest BCUT2D eigenvalue weighted by Crippen LogP contribution is 2.35. The molecule has 1 aromatic carbocycles. The lowest BCUT2D eigenvalue weighted by atomic mass is 10.1. The Morgan fingerprint density at radius 1 is 1.42 bits per heavy atom. The van der Waals surface area contributed by atoms with Gasteiger partial charge >= 0.3 is 0 Å². The van der Waals surface area contributed by atoms with Crippen LogP contribution in [0.1, 0.15) is 27.8 Å². The average Bonchev–Trinajstić information content (AvgIpc) is 3.28. The van der Waals surface area contributed by atoms with E-state index in [0.717, 1.165) is 11.1 Å². The van der Waals surface area contributed by atoms with Crippen molar-refractivity contribution >= 4 is 5.91 Å². The van der Waals surface area contributed by atoms with Gasteiger partial charge in [-0.15, -0.1) is 0 Å². The number of aryl methyl sites for hydroxylation is 2. The highest BCUT2D eigenvalue weighted by atomic mass is 16.5. The van der Waals surface area contributed by atoms with Crippen molar-refractivity contribution in [1.82, 2.24) is 25.2 Å².